The van der Waals surface area contributed by atoms with Crippen LogP contribution < -0.4 is 0 Å². The summed E-state index contributed by atoms with van der Waals surface area (Å²) in [6, 6.07) is 14.6. The third-order valence-electron chi connectivity index (χ3n) is 6.00. The average molecular weight is 451 g/mol. The van der Waals surface area contributed by atoms with Crippen molar-refractivity contribution >= 4 is 23.4 Å². The predicted octanol–water partition coefficient (Wildman–Crippen LogP) is 3.63. The molecule has 33 heavy (non-hydrogen) atoms. The van der Waals surface area contributed by atoms with Crippen molar-refractivity contribution in [3.63, 3.8) is 0 Å². The second-order valence-corrected chi connectivity index (χ2v) is 7.85. The summed E-state index contributed by atoms with van der Waals surface area (Å²) in [5, 5.41) is 11.0. The summed E-state index contributed by atoms with van der Waals surface area (Å²) in [5.41, 5.74) is 1.53. The number of hydrogen-bond acceptors (Lipinski definition) is 6. The van der Waals surface area contributed by atoms with E-state index in [0.29, 0.717) is 29.7 Å². The number of aliphatic hydroxyl groups excluding tert-OH is 1. The van der Waals surface area contributed by atoms with Crippen molar-refractivity contribution in [2.75, 3.05) is 33.3 Å². The fourth-order valence-corrected chi connectivity index (χ4v) is 4.13. The molecule has 1 fully saturated rings. The van der Waals surface area contributed by atoms with E-state index in [2.05, 4.69) is 18.7 Å². The number of methoxy groups -OCH3 is 1. The van der Waals surface area contributed by atoms with Gasteiger partial charge in [0.05, 0.1) is 24.3 Å². The zero-order valence-electron chi connectivity index (χ0n) is 19.3. The largest absolute Gasteiger partial charge is 0.507 e. The summed E-state index contributed by atoms with van der Waals surface area (Å²) < 4.78 is 4.76. The summed E-state index contributed by atoms with van der Waals surface area (Å²) in [6.45, 7) is 7.14. The maximum Gasteiger partial charge on any atom is 0.337 e. The normalized spacial score (nSPS) is 17.6. The molecule has 0 aliphatic carbocycles. The maximum atomic E-state index is 13.1. The Hall–Kier alpha value is -3.45. The van der Waals surface area contributed by atoms with Crippen LogP contribution in [0.2, 0.25) is 0 Å². The first kappa shape index (κ1) is 24.2. The van der Waals surface area contributed by atoms with Gasteiger partial charge in [0, 0.05) is 12.1 Å². The number of carbonyl (C=O) groups is 3. The molecule has 1 saturated heterocycles. The summed E-state index contributed by atoms with van der Waals surface area (Å²) in [5.74, 6) is -2.02. The fraction of sp³-hybridized carbons (Fsp3) is 0.346. The second-order valence-electron chi connectivity index (χ2n) is 7.85. The van der Waals surface area contributed by atoms with Crippen molar-refractivity contribution in [2.45, 2.75) is 26.3 Å². The van der Waals surface area contributed by atoms with Crippen LogP contribution in [0, 0.1) is 0 Å². The Kier molecular flexibility index (Phi) is 8.01. The molecule has 2 aromatic rings. The summed E-state index contributed by atoms with van der Waals surface area (Å²) >= 11 is 0. The Balaban J connectivity index is 2.02. The van der Waals surface area contributed by atoms with Gasteiger partial charge in [0.15, 0.2) is 0 Å². The molecule has 0 aromatic heterocycles. The minimum absolute atomic E-state index is 0.0554. The Bertz CT molecular complexity index is 1030. The molecule has 1 heterocycles. The Morgan fingerprint density at radius 3 is 2.21 bits per heavy atom. The van der Waals surface area contributed by atoms with Gasteiger partial charge in [-0.05, 0) is 43.8 Å². The number of ketones is 1. The highest BCUT2D eigenvalue weighted by atomic mass is 16.5. The highest BCUT2D eigenvalue weighted by Gasteiger charge is 2.45. The number of rotatable bonds is 9. The number of aliphatic hydroxyl groups is 1. The smallest absolute Gasteiger partial charge is 0.337 e. The van der Waals surface area contributed by atoms with Gasteiger partial charge in [0.1, 0.15) is 5.76 Å². The maximum absolute atomic E-state index is 13.1. The highest BCUT2D eigenvalue weighted by molar-refractivity contribution is 6.46. The van der Waals surface area contributed by atoms with Gasteiger partial charge in [-0.1, -0.05) is 56.3 Å². The highest BCUT2D eigenvalue weighted by Crippen LogP contribution is 2.39. The van der Waals surface area contributed by atoms with Crippen LogP contribution in [0.3, 0.4) is 0 Å². The predicted molar refractivity (Wildman–Crippen MR) is 126 cm³/mol. The van der Waals surface area contributed by atoms with Crippen LogP contribution in [0.5, 0.6) is 0 Å². The van der Waals surface area contributed by atoms with Gasteiger partial charge in [-0.2, -0.15) is 0 Å². The van der Waals surface area contributed by atoms with E-state index >= 15 is 0 Å². The average Bonchev–Trinajstić information content (AvgIpc) is 3.11. The first-order valence-corrected chi connectivity index (χ1v) is 11.2. The zero-order valence-corrected chi connectivity index (χ0v) is 19.3. The third-order valence-corrected chi connectivity index (χ3v) is 6.00. The number of esters is 1. The minimum Gasteiger partial charge on any atom is -0.507 e. The number of likely N-dealkylation sites (tertiary alicyclic amines) is 1. The molecule has 0 bridgehead atoms. The summed E-state index contributed by atoms with van der Waals surface area (Å²) in [4.78, 5) is 41.7. The molecule has 1 aliphatic rings. The Morgan fingerprint density at radius 1 is 1.00 bits per heavy atom. The van der Waals surface area contributed by atoms with Crippen LogP contribution in [0.25, 0.3) is 5.76 Å². The van der Waals surface area contributed by atoms with Crippen molar-refractivity contribution < 1.29 is 24.2 Å². The lowest BCUT2D eigenvalue weighted by Gasteiger charge is -2.27. The Morgan fingerprint density at radius 2 is 1.64 bits per heavy atom. The van der Waals surface area contributed by atoms with E-state index in [1.54, 1.807) is 48.5 Å². The van der Waals surface area contributed by atoms with Crippen LogP contribution >= 0.6 is 0 Å². The number of benzene rings is 2. The van der Waals surface area contributed by atoms with Gasteiger partial charge in [-0.3, -0.25) is 9.59 Å². The molecular weight excluding hydrogens is 420 g/mol. The van der Waals surface area contributed by atoms with Crippen LogP contribution in [0.15, 0.2) is 60.2 Å². The van der Waals surface area contributed by atoms with Crippen LogP contribution in [0.1, 0.15) is 47.8 Å². The van der Waals surface area contributed by atoms with E-state index in [0.717, 1.165) is 19.6 Å². The van der Waals surface area contributed by atoms with E-state index in [9.17, 15) is 19.5 Å². The van der Waals surface area contributed by atoms with Crippen molar-refractivity contribution in [3.05, 3.63) is 76.9 Å². The monoisotopic (exact) mass is 450 g/mol. The van der Waals surface area contributed by atoms with Gasteiger partial charge in [-0.25, -0.2) is 4.79 Å². The lowest BCUT2D eigenvalue weighted by molar-refractivity contribution is -0.140. The molecule has 1 N–H and O–H groups in total. The molecule has 3 rings (SSSR count). The van der Waals surface area contributed by atoms with E-state index < -0.39 is 23.7 Å². The lowest BCUT2D eigenvalue weighted by Crippen LogP contribution is -2.33. The SMILES string of the molecule is CCN(CC)CCCN1C(=O)C(=O)C(=C(O)c2ccccc2)C1c1ccc(C(=O)OC)cc1. The minimum atomic E-state index is -0.742. The molecule has 1 unspecified atom stereocenters. The molecule has 0 spiro atoms. The van der Waals surface area contributed by atoms with E-state index in [4.69, 9.17) is 4.74 Å². The molecule has 0 radical (unpaired) electrons. The van der Waals surface area contributed by atoms with Crippen LogP contribution in [0.4, 0.5) is 0 Å². The molecule has 2 aromatic carbocycles. The number of nitrogens with zero attached hydrogens (tertiary/aromatic N) is 2. The molecule has 1 amide bonds. The van der Waals surface area contributed by atoms with Crippen LogP contribution in [-0.4, -0.2) is 65.9 Å². The first-order valence-electron chi connectivity index (χ1n) is 11.2. The fourth-order valence-electron chi connectivity index (χ4n) is 4.13. The number of ether oxygens (including phenoxy) is 1. The molecule has 7 nitrogen and oxygen atoms in total. The number of Topliss-reactive ketones (excluding diaryl/α,β-unsaturated/α-hetero) is 1. The van der Waals surface area contributed by atoms with Gasteiger partial charge >= 0.3 is 5.97 Å². The number of hydrogen-bond donors (Lipinski definition) is 1. The van der Waals surface area contributed by atoms with Gasteiger partial charge in [0.25, 0.3) is 11.7 Å². The van der Waals surface area contributed by atoms with Crippen molar-refractivity contribution in [1.29, 1.82) is 0 Å². The van der Waals surface area contributed by atoms with Crippen LogP contribution in [-0.2, 0) is 14.3 Å². The van der Waals surface area contributed by atoms with Gasteiger partial charge in [0.2, 0.25) is 0 Å². The topological polar surface area (TPSA) is 87.2 Å². The number of amides is 1. The van der Waals surface area contributed by atoms with E-state index in [1.165, 1.54) is 12.0 Å². The summed E-state index contributed by atoms with van der Waals surface area (Å²) in [7, 11) is 1.31. The quantitative estimate of drug-likeness (QED) is 0.272. The molecule has 7 heteroatoms. The first-order chi connectivity index (χ1) is 15.9. The molecular formula is C26H30N2O5. The van der Waals surface area contributed by atoms with Crippen molar-refractivity contribution in [2.24, 2.45) is 0 Å². The molecule has 174 valence electrons. The van der Waals surface area contributed by atoms with E-state index in [1.807, 2.05) is 6.07 Å². The lowest BCUT2D eigenvalue weighted by atomic mass is 9.94. The van der Waals surface area contributed by atoms with Gasteiger partial charge < -0.3 is 19.6 Å². The zero-order chi connectivity index (χ0) is 24.0. The van der Waals surface area contributed by atoms with Crippen molar-refractivity contribution in [1.82, 2.24) is 9.80 Å². The van der Waals surface area contributed by atoms with E-state index in [-0.39, 0.29) is 11.3 Å². The second kappa shape index (κ2) is 10.9. The molecule has 0 saturated carbocycles. The molecule has 1 atom stereocenters. The standard InChI is InChI=1S/C26H30N2O5/c1-4-27(5-2)16-9-17-28-22(18-12-14-20(15-13-18)26(32)33-3)21(24(30)25(28)31)23(29)19-10-7-6-8-11-19/h6-8,10-15,22,29H,4-5,9,16-17H2,1-3H3. The third kappa shape index (κ3) is 5.14. The van der Waals surface area contributed by atoms with Crippen molar-refractivity contribution in [3.8, 4) is 0 Å². The Labute approximate surface area is 194 Å². The van der Waals surface area contributed by atoms with Gasteiger partial charge in [-0.15, -0.1) is 0 Å². The molecule has 1 aliphatic heterocycles. The number of carbonyl (C=O) groups excluding carboxylic acids is 3. The summed E-state index contributed by atoms with van der Waals surface area (Å²) in [6.07, 6.45) is 0.691.